The van der Waals surface area contributed by atoms with Crippen molar-refractivity contribution in [3.8, 4) is 0 Å². The maximum absolute atomic E-state index is 13.0. The fraction of sp³-hybridized carbons (Fsp3) is 0.364. The van der Waals surface area contributed by atoms with Crippen molar-refractivity contribution in [1.29, 1.82) is 0 Å². The van der Waals surface area contributed by atoms with E-state index in [1.165, 1.54) is 12.1 Å². The van der Waals surface area contributed by atoms with Crippen molar-refractivity contribution in [2.24, 2.45) is 0 Å². The smallest absolute Gasteiger partial charge is 0.221 e. The number of carbonyl (C=O) groups is 1. The van der Waals surface area contributed by atoms with E-state index in [-0.39, 0.29) is 24.8 Å². The zero-order valence-corrected chi connectivity index (χ0v) is 8.16. The quantitative estimate of drug-likeness (QED) is 0.748. The molecule has 80 valence electrons. The highest BCUT2D eigenvalue weighted by molar-refractivity contribution is 5.80. The first-order valence-electron chi connectivity index (χ1n) is 4.80. The highest BCUT2D eigenvalue weighted by Crippen LogP contribution is 2.30. The van der Waals surface area contributed by atoms with Crippen molar-refractivity contribution < 1.29 is 14.3 Å². The molecule has 1 amide bonds. The summed E-state index contributed by atoms with van der Waals surface area (Å²) in [4.78, 5) is 11.2. The van der Waals surface area contributed by atoms with Gasteiger partial charge in [-0.2, -0.15) is 0 Å². The van der Waals surface area contributed by atoms with Gasteiger partial charge in [-0.15, -0.1) is 0 Å². The summed E-state index contributed by atoms with van der Waals surface area (Å²) in [5, 5.41) is 12.0. The van der Waals surface area contributed by atoms with Gasteiger partial charge in [0.05, 0.1) is 6.61 Å². The summed E-state index contributed by atoms with van der Waals surface area (Å²) in [6, 6.07) is 6.04. The Hall–Kier alpha value is -1.42. The molecule has 0 spiro atoms. The number of aliphatic hydroxyl groups excluding tert-OH is 1. The van der Waals surface area contributed by atoms with E-state index < -0.39 is 5.41 Å². The minimum Gasteiger partial charge on any atom is -0.395 e. The Labute approximate surface area is 86.9 Å². The van der Waals surface area contributed by atoms with Crippen LogP contribution in [0.5, 0.6) is 0 Å². The van der Waals surface area contributed by atoms with Crippen LogP contribution in [-0.4, -0.2) is 24.2 Å². The van der Waals surface area contributed by atoms with E-state index in [1.807, 2.05) is 0 Å². The third kappa shape index (κ3) is 1.72. The number of nitrogens with one attached hydrogen (secondary N) is 1. The molecular formula is C11H12FNO2. The van der Waals surface area contributed by atoms with E-state index in [0.29, 0.717) is 12.1 Å². The molecule has 1 aromatic carbocycles. The lowest BCUT2D eigenvalue weighted by molar-refractivity contribution is -0.119. The van der Waals surface area contributed by atoms with Crippen LogP contribution in [0.2, 0.25) is 0 Å². The monoisotopic (exact) mass is 209 g/mol. The lowest BCUT2D eigenvalue weighted by Crippen LogP contribution is -2.33. The van der Waals surface area contributed by atoms with Gasteiger partial charge < -0.3 is 10.4 Å². The minimum absolute atomic E-state index is 0.103. The molecule has 1 atom stereocenters. The number of carbonyl (C=O) groups excluding carboxylic acids is 1. The molecule has 1 aliphatic rings. The maximum atomic E-state index is 13.0. The molecule has 0 aromatic heterocycles. The Balaban J connectivity index is 2.38. The Kier molecular flexibility index (Phi) is 2.44. The van der Waals surface area contributed by atoms with Crippen LogP contribution in [0, 0.1) is 5.82 Å². The van der Waals surface area contributed by atoms with E-state index in [9.17, 15) is 14.3 Å². The van der Waals surface area contributed by atoms with Crippen molar-refractivity contribution in [3.05, 3.63) is 35.6 Å². The lowest BCUT2D eigenvalue weighted by Gasteiger charge is -2.24. The Bertz CT molecular complexity index is 394. The summed E-state index contributed by atoms with van der Waals surface area (Å²) in [5.41, 5.74) is 0.0162. The third-order valence-electron chi connectivity index (χ3n) is 2.86. The predicted molar refractivity (Wildman–Crippen MR) is 52.8 cm³/mol. The maximum Gasteiger partial charge on any atom is 0.221 e. The lowest BCUT2D eigenvalue weighted by atomic mass is 9.80. The first-order chi connectivity index (χ1) is 7.16. The normalized spacial score (nSPS) is 25.3. The molecular weight excluding hydrogens is 197 g/mol. The molecule has 15 heavy (non-hydrogen) atoms. The number of hydrogen-bond donors (Lipinski definition) is 2. The second-order valence-electron chi connectivity index (χ2n) is 3.90. The summed E-state index contributed by atoms with van der Waals surface area (Å²) >= 11 is 0. The second kappa shape index (κ2) is 3.62. The van der Waals surface area contributed by atoms with Gasteiger partial charge >= 0.3 is 0 Å². The highest BCUT2D eigenvalue weighted by Gasteiger charge is 2.39. The summed E-state index contributed by atoms with van der Waals surface area (Å²) in [7, 11) is 0. The molecule has 3 nitrogen and oxygen atoms in total. The van der Waals surface area contributed by atoms with Crippen LogP contribution in [-0.2, 0) is 10.2 Å². The van der Waals surface area contributed by atoms with Crippen LogP contribution >= 0.6 is 0 Å². The van der Waals surface area contributed by atoms with E-state index in [4.69, 9.17) is 0 Å². The average Bonchev–Trinajstić information content (AvgIpc) is 2.61. The zero-order chi connectivity index (χ0) is 10.9. The fourth-order valence-electron chi connectivity index (χ4n) is 1.93. The SMILES string of the molecule is O=C1C[C@@](CO)(c2cccc(F)c2)CN1. The van der Waals surface area contributed by atoms with Crippen molar-refractivity contribution >= 4 is 5.91 Å². The molecule has 0 radical (unpaired) electrons. The van der Waals surface area contributed by atoms with Crippen molar-refractivity contribution in [1.82, 2.24) is 5.32 Å². The third-order valence-corrected chi connectivity index (χ3v) is 2.86. The van der Waals surface area contributed by atoms with Gasteiger partial charge in [-0.05, 0) is 17.7 Å². The number of hydrogen-bond acceptors (Lipinski definition) is 2. The number of halogens is 1. The minimum atomic E-state index is -0.654. The summed E-state index contributed by atoms with van der Waals surface area (Å²) in [6.45, 7) is 0.209. The summed E-state index contributed by atoms with van der Waals surface area (Å²) in [5.74, 6) is -0.451. The van der Waals surface area contributed by atoms with Crippen molar-refractivity contribution in [3.63, 3.8) is 0 Å². The number of amides is 1. The van der Waals surface area contributed by atoms with Crippen LogP contribution in [0.4, 0.5) is 4.39 Å². The van der Waals surface area contributed by atoms with Crippen molar-refractivity contribution in [2.75, 3.05) is 13.2 Å². The molecule has 2 N–H and O–H groups in total. The molecule has 2 rings (SSSR count). The van der Waals surface area contributed by atoms with Crippen LogP contribution < -0.4 is 5.32 Å². The molecule has 1 heterocycles. The number of benzene rings is 1. The average molecular weight is 209 g/mol. The predicted octanol–water partition coefficient (Wildman–Crippen LogP) is 0.576. The van der Waals surface area contributed by atoms with Gasteiger partial charge in [0.25, 0.3) is 0 Å². The molecule has 1 aromatic rings. The highest BCUT2D eigenvalue weighted by atomic mass is 19.1. The van der Waals surface area contributed by atoms with E-state index >= 15 is 0 Å². The van der Waals surface area contributed by atoms with Gasteiger partial charge in [-0.1, -0.05) is 12.1 Å². The largest absolute Gasteiger partial charge is 0.395 e. The van der Waals surface area contributed by atoms with Gasteiger partial charge in [0.1, 0.15) is 5.82 Å². The zero-order valence-electron chi connectivity index (χ0n) is 8.16. The van der Waals surface area contributed by atoms with Crippen LogP contribution in [0.1, 0.15) is 12.0 Å². The molecule has 1 saturated heterocycles. The summed E-state index contributed by atoms with van der Waals surface area (Å²) < 4.78 is 13.0. The molecule has 4 heteroatoms. The van der Waals surface area contributed by atoms with Crippen LogP contribution in [0.15, 0.2) is 24.3 Å². The van der Waals surface area contributed by atoms with Crippen LogP contribution in [0.3, 0.4) is 0 Å². The van der Waals surface area contributed by atoms with E-state index in [2.05, 4.69) is 5.32 Å². The molecule has 0 aliphatic carbocycles. The van der Waals surface area contributed by atoms with E-state index in [0.717, 1.165) is 0 Å². The first kappa shape index (κ1) is 10.1. The van der Waals surface area contributed by atoms with Gasteiger partial charge in [-0.25, -0.2) is 4.39 Å². The van der Waals surface area contributed by atoms with Crippen molar-refractivity contribution in [2.45, 2.75) is 11.8 Å². The van der Waals surface area contributed by atoms with Crippen LogP contribution in [0.25, 0.3) is 0 Å². The van der Waals surface area contributed by atoms with Gasteiger partial charge in [-0.3, -0.25) is 4.79 Å². The molecule has 0 saturated carbocycles. The fourth-order valence-corrected chi connectivity index (χ4v) is 1.93. The number of rotatable bonds is 2. The van der Waals surface area contributed by atoms with Gasteiger partial charge in [0.2, 0.25) is 5.91 Å². The Morgan fingerprint density at radius 1 is 1.53 bits per heavy atom. The molecule has 0 unspecified atom stereocenters. The van der Waals surface area contributed by atoms with Gasteiger partial charge in [0.15, 0.2) is 0 Å². The van der Waals surface area contributed by atoms with Gasteiger partial charge in [0, 0.05) is 18.4 Å². The molecule has 1 fully saturated rings. The molecule has 1 aliphatic heterocycles. The Morgan fingerprint density at radius 3 is 2.87 bits per heavy atom. The van der Waals surface area contributed by atoms with E-state index in [1.54, 1.807) is 12.1 Å². The topological polar surface area (TPSA) is 49.3 Å². The standard InChI is InChI=1S/C11H12FNO2/c12-9-3-1-2-8(4-9)11(7-14)5-10(15)13-6-11/h1-4,14H,5-7H2,(H,13,15)/t11-/m1/s1. The molecule has 0 bridgehead atoms. The first-order valence-corrected chi connectivity index (χ1v) is 4.80. The Morgan fingerprint density at radius 2 is 2.33 bits per heavy atom. The number of aliphatic hydroxyl groups is 1. The summed E-state index contributed by atoms with van der Waals surface area (Å²) in [6.07, 6.45) is 0.215. The second-order valence-corrected chi connectivity index (χ2v) is 3.90.